The maximum Gasteiger partial charge on any atom is 0.306 e. The van der Waals surface area contributed by atoms with Crippen LogP contribution in [0.15, 0.2) is 85.1 Å². The average Bonchev–Trinajstić information content (AvgIpc) is 3.19. The number of ether oxygens (including phenoxy) is 3. The molecule has 0 N–H and O–H groups in total. The number of esters is 3. The Bertz CT molecular complexity index is 1120. The second kappa shape index (κ2) is 44.3. The minimum absolute atomic E-state index is 0.108. The lowest BCUT2D eigenvalue weighted by atomic mass is 10.1. The van der Waals surface area contributed by atoms with E-state index in [4.69, 9.17) is 14.2 Å². The minimum Gasteiger partial charge on any atom is -0.462 e. The van der Waals surface area contributed by atoms with Gasteiger partial charge in [-0.3, -0.25) is 14.4 Å². The maximum atomic E-state index is 12.7. The van der Waals surface area contributed by atoms with Crippen LogP contribution in [-0.4, -0.2) is 37.2 Å². The first kappa shape index (κ1) is 52.6. The smallest absolute Gasteiger partial charge is 0.306 e. The van der Waals surface area contributed by atoms with Crippen LogP contribution in [0.4, 0.5) is 0 Å². The van der Waals surface area contributed by atoms with E-state index in [-0.39, 0.29) is 37.5 Å². The lowest BCUT2D eigenvalue weighted by Gasteiger charge is -2.18. The molecule has 0 aromatic rings. The topological polar surface area (TPSA) is 78.9 Å². The van der Waals surface area contributed by atoms with Crippen molar-refractivity contribution in [2.75, 3.05) is 13.2 Å². The third-order valence-corrected chi connectivity index (χ3v) is 9.21. The summed E-state index contributed by atoms with van der Waals surface area (Å²) in [6, 6.07) is 0. The highest BCUT2D eigenvalue weighted by Gasteiger charge is 2.19. The van der Waals surface area contributed by atoms with Crippen LogP contribution in [0.5, 0.6) is 0 Å². The Balaban J connectivity index is 4.45. The second-order valence-electron chi connectivity index (χ2n) is 14.6. The Hall–Kier alpha value is -3.41. The van der Waals surface area contributed by atoms with Gasteiger partial charge in [0, 0.05) is 19.3 Å². The Morgan fingerprint density at radius 2 is 0.786 bits per heavy atom. The fourth-order valence-electron chi connectivity index (χ4n) is 5.84. The fraction of sp³-hybridized carbons (Fsp3) is 0.660. The zero-order chi connectivity index (χ0) is 40.8. The Labute approximate surface area is 344 Å². The van der Waals surface area contributed by atoms with E-state index in [0.29, 0.717) is 19.3 Å². The van der Waals surface area contributed by atoms with E-state index < -0.39 is 6.10 Å². The van der Waals surface area contributed by atoms with Gasteiger partial charge in [-0.1, -0.05) is 170 Å². The van der Waals surface area contributed by atoms with Gasteiger partial charge in [-0.2, -0.15) is 0 Å². The van der Waals surface area contributed by atoms with Crippen LogP contribution >= 0.6 is 0 Å². The molecule has 1 atom stereocenters. The van der Waals surface area contributed by atoms with Gasteiger partial charge in [0.2, 0.25) is 0 Å². The van der Waals surface area contributed by atoms with Gasteiger partial charge in [0.1, 0.15) is 13.2 Å². The first-order valence-electron chi connectivity index (χ1n) is 22.6. The van der Waals surface area contributed by atoms with Gasteiger partial charge in [-0.05, 0) is 89.9 Å². The fourth-order valence-corrected chi connectivity index (χ4v) is 5.84. The van der Waals surface area contributed by atoms with Crippen molar-refractivity contribution in [3.63, 3.8) is 0 Å². The van der Waals surface area contributed by atoms with Crippen molar-refractivity contribution in [1.82, 2.24) is 0 Å². The van der Waals surface area contributed by atoms with Gasteiger partial charge in [-0.25, -0.2) is 0 Å². The number of hydrogen-bond donors (Lipinski definition) is 0. The largest absolute Gasteiger partial charge is 0.462 e. The Morgan fingerprint density at radius 1 is 0.393 bits per heavy atom. The lowest BCUT2D eigenvalue weighted by Crippen LogP contribution is -2.30. The zero-order valence-corrected chi connectivity index (χ0v) is 36.1. The summed E-state index contributed by atoms with van der Waals surface area (Å²) in [4.78, 5) is 37.7. The van der Waals surface area contributed by atoms with E-state index in [1.54, 1.807) is 0 Å². The summed E-state index contributed by atoms with van der Waals surface area (Å²) in [7, 11) is 0. The molecular formula is C50H82O6. The predicted octanol–water partition coefficient (Wildman–Crippen LogP) is 14.5. The van der Waals surface area contributed by atoms with Crippen LogP contribution in [0.25, 0.3) is 0 Å². The number of unbranched alkanes of at least 4 members (excludes halogenated alkanes) is 17. The molecule has 0 saturated carbocycles. The first-order chi connectivity index (χ1) is 27.5. The average molecular weight is 779 g/mol. The van der Waals surface area contributed by atoms with Crippen molar-refractivity contribution < 1.29 is 28.6 Å². The highest BCUT2D eigenvalue weighted by Crippen LogP contribution is 2.12. The Kier molecular flexibility index (Phi) is 41.6. The van der Waals surface area contributed by atoms with Crippen molar-refractivity contribution in [3.8, 4) is 0 Å². The van der Waals surface area contributed by atoms with E-state index in [1.807, 2.05) is 36.5 Å². The number of hydrogen-bond acceptors (Lipinski definition) is 6. The molecule has 0 rings (SSSR count). The van der Waals surface area contributed by atoms with Crippen LogP contribution < -0.4 is 0 Å². The summed E-state index contributed by atoms with van der Waals surface area (Å²) in [6.07, 6.45) is 55.8. The highest BCUT2D eigenvalue weighted by molar-refractivity contribution is 5.71. The molecule has 56 heavy (non-hydrogen) atoms. The van der Waals surface area contributed by atoms with Crippen molar-refractivity contribution in [2.24, 2.45) is 0 Å². The molecule has 6 heteroatoms. The molecule has 0 aromatic heterocycles. The number of carbonyl (C=O) groups is 3. The molecule has 0 heterocycles. The summed E-state index contributed by atoms with van der Waals surface area (Å²) >= 11 is 0. The highest BCUT2D eigenvalue weighted by atomic mass is 16.6. The van der Waals surface area contributed by atoms with Gasteiger partial charge < -0.3 is 14.2 Å². The van der Waals surface area contributed by atoms with Gasteiger partial charge in [0.15, 0.2) is 6.10 Å². The molecule has 0 aliphatic heterocycles. The van der Waals surface area contributed by atoms with Gasteiger partial charge in [0.05, 0.1) is 0 Å². The monoisotopic (exact) mass is 779 g/mol. The predicted molar refractivity (Wildman–Crippen MR) is 237 cm³/mol. The molecule has 1 unspecified atom stereocenters. The third-order valence-electron chi connectivity index (χ3n) is 9.21. The molecule has 0 spiro atoms. The third kappa shape index (κ3) is 41.7. The van der Waals surface area contributed by atoms with Crippen molar-refractivity contribution >= 4 is 17.9 Å². The summed E-state index contributed by atoms with van der Waals surface area (Å²) in [5.74, 6) is -1.00. The molecular weight excluding hydrogens is 697 g/mol. The quantitative estimate of drug-likeness (QED) is 0.0203. The number of rotatable bonds is 39. The SMILES string of the molecule is CC\C=C/C=C\C=C/C=C\CCCCCC(=O)OC(COC(=O)CCCC/C=C\C/C=C\CC)COC(=O)CCCCCCC/C=C\CCCCCCCCC. The normalized spacial score (nSPS) is 12.8. The van der Waals surface area contributed by atoms with Crippen molar-refractivity contribution in [3.05, 3.63) is 85.1 Å². The van der Waals surface area contributed by atoms with Gasteiger partial charge >= 0.3 is 17.9 Å². The van der Waals surface area contributed by atoms with E-state index in [0.717, 1.165) is 89.9 Å². The van der Waals surface area contributed by atoms with Crippen molar-refractivity contribution in [2.45, 2.75) is 200 Å². The molecule has 0 fully saturated rings. The molecule has 6 nitrogen and oxygen atoms in total. The maximum absolute atomic E-state index is 12.7. The van der Waals surface area contributed by atoms with Crippen LogP contribution in [-0.2, 0) is 28.6 Å². The Morgan fingerprint density at radius 3 is 1.36 bits per heavy atom. The minimum atomic E-state index is -0.811. The summed E-state index contributed by atoms with van der Waals surface area (Å²) < 4.78 is 16.6. The summed E-state index contributed by atoms with van der Waals surface area (Å²) in [6.45, 7) is 6.27. The van der Waals surface area contributed by atoms with E-state index in [9.17, 15) is 14.4 Å². The van der Waals surface area contributed by atoms with E-state index in [1.165, 1.54) is 57.8 Å². The van der Waals surface area contributed by atoms with Crippen LogP contribution in [0.3, 0.4) is 0 Å². The first-order valence-corrected chi connectivity index (χ1v) is 22.6. The molecule has 0 aliphatic rings. The molecule has 0 amide bonds. The molecule has 0 aromatic carbocycles. The number of carbonyl (C=O) groups excluding carboxylic acids is 3. The molecule has 318 valence electrons. The molecule has 0 bridgehead atoms. The van der Waals surface area contributed by atoms with Gasteiger partial charge in [0.25, 0.3) is 0 Å². The van der Waals surface area contributed by atoms with Crippen molar-refractivity contribution in [1.29, 1.82) is 0 Å². The molecule has 0 radical (unpaired) electrons. The van der Waals surface area contributed by atoms with E-state index in [2.05, 4.69) is 69.4 Å². The van der Waals surface area contributed by atoms with Gasteiger partial charge in [-0.15, -0.1) is 0 Å². The lowest BCUT2D eigenvalue weighted by molar-refractivity contribution is -0.167. The number of allylic oxidation sites excluding steroid dienone is 14. The van der Waals surface area contributed by atoms with Crippen LogP contribution in [0.2, 0.25) is 0 Å². The second-order valence-corrected chi connectivity index (χ2v) is 14.6. The molecule has 0 saturated heterocycles. The summed E-state index contributed by atoms with van der Waals surface area (Å²) in [5, 5.41) is 0. The van der Waals surface area contributed by atoms with E-state index >= 15 is 0 Å². The summed E-state index contributed by atoms with van der Waals surface area (Å²) in [5.41, 5.74) is 0. The zero-order valence-electron chi connectivity index (χ0n) is 36.1. The van der Waals surface area contributed by atoms with Crippen LogP contribution in [0.1, 0.15) is 194 Å². The standard InChI is InChI=1S/C50H82O6/c1-4-7-10-13-16-19-21-23-24-25-27-28-31-34-37-40-43-49(52)55-46-47(45-54-48(51)42-39-36-33-30-18-15-12-9-6-3)56-50(53)44-41-38-35-32-29-26-22-20-17-14-11-8-5-2/h8-9,11-12,14,17-18,20,22,24-26,29-30,47H,4-7,10,13,15-16,19,21,23,27-28,31-46H2,1-3H3/b11-8-,12-9-,17-14-,22-20-,25-24-,29-26-,30-18-. The molecule has 0 aliphatic carbocycles. The van der Waals surface area contributed by atoms with Crippen LogP contribution in [0, 0.1) is 0 Å².